The number of nitrogens with zero attached hydrogens (tertiary/aromatic N) is 4. The summed E-state index contributed by atoms with van der Waals surface area (Å²) < 4.78 is 7.58. The van der Waals surface area contributed by atoms with E-state index in [1.807, 2.05) is 54.6 Å². The summed E-state index contributed by atoms with van der Waals surface area (Å²) in [5, 5.41) is 17.3. The Kier molecular flexibility index (Phi) is 3.72. The summed E-state index contributed by atoms with van der Waals surface area (Å²) in [5.41, 5.74) is 3.39. The third-order valence-electron chi connectivity index (χ3n) is 4.10. The Balaban J connectivity index is 1.52. The van der Waals surface area contributed by atoms with Crippen molar-refractivity contribution in [2.45, 2.75) is 25.4 Å². The van der Waals surface area contributed by atoms with Gasteiger partial charge in [-0.05, 0) is 42.7 Å². The Morgan fingerprint density at radius 1 is 1.08 bits per heavy atom. The zero-order chi connectivity index (χ0) is 16.4. The molecule has 1 saturated carbocycles. The predicted molar refractivity (Wildman–Crippen MR) is 88.8 cm³/mol. The quantitative estimate of drug-likeness (QED) is 0.721. The van der Waals surface area contributed by atoms with E-state index in [1.165, 1.54) is 0 Å². The molecule has 3 aromatic rings. The van der Waals surface area contributed by atoms with Gasteiger partial charge in [-0.1, -0.05) is 35.5 Å². The van der Waals surface area contributed by atoms with Crippen LogP contribution in [-0.4, -0.2) is 15.0 Å². The van der Waals surface area contributed by atoms with Crippen LogP contribution in [-0.2, 0) is 6.61 Å². The number of aromatic nitrogens is 3. The van der Waals surface area contributed by atoms with Gasteiger partial charge in [0.2, 0.25) is 0 Å². The molecule has 5 nitrogen and oxygen atoms in total. The Hall–Kier alpha value is -3.13. The molecule has 1 aliphatic carbocycles. The number of rotatable bonds is 5. The van der Waals surface area contributed by atoms with Crippen LogP contribution in [0.25, 0.3) is 5.69 Å². The zero-order valence-electron chi connectivity index (χ0n) is 13.1. The fourth-order valence-electron chi connectivity index (χ4n) is 2.71. The molecular weight excluding hydrogens is 300 g/mol. The first-order chi connectivity index (χ1) is 11.8. The van der Waals surface area contributed by atoms with Crippen LogP contribution in [0.1, 0.15) is 35.7 Å². The van der Waals surface area contributed by atoms with Crippen LogP contribution in [0.3, 0.4) is 0 Å². The molecule has 0 bridgehead atoms. The summed E-state index contributed by atoms with van der Waals surface area (Å²) in [7, 11) is 0. The van der Waals surface area contributed by atoms with Gasteiger partial charge < -0.3 is 4.74 Å². The molecule has 118 valence electrons. The number of nitriles is 1. The second-order valence-corrected chi connectivity index (χ2v) is 5.89. The van der Waals surface area contributed by atoms with Crippen LogP contribution in [0.4, 0.5) is 0 Å². The summed E-state index contributed by atoms with van der Waals surface area (Å²) in [6.07, 6.45) is 2.20. The minimum absolute atomic E-state index is 0.406. The molecule has 5 heteroatoms. The first-order valence-corrected chi connectivity index (χ1v) is 7.98. The molecule has 1 aromatic heterocycles. The molecule has 0 aliphatic heterocycles. The van der Waals surface area contributed by atoms with Crippen molar-refractivity contribution in [3.05, 3.63) is 71.5 Å². The molecule has 4 rings (SSSR count). The van der Waals surface area contributed by atoms with Gasteiger partial charge in [0.25, 0.3) is 0 Å². The maximum atomic E-state index is 9.19. The van der Waals surface area contributed by atoms with E-state index in [0.29, 0.717) is 18.2 Å². The zero-order valence-corrected chi connectivity index (χ0v) is 13.1. The second kappa shape index (κ2) is 6.17. The average molecular weight is 316 g/mol. The molecule has 0 atom stereocenters. The van der Waals surface area contributed by atoms with E-state index in [9.17, 15) is 5.26 Å². The van der Waals surface area contributed by atoms with E-state index in [0.717, 1.165) is 35.5 Å². The highest BCUT2D eigenvalue weighted by molar-refractivity contribution is 5.42. The van der Waals surface area contributed by atoms with E-state index in [1.54, 1.807) is 4.68 Å². The lowest BCUT2D eigenvalue weighted by Gasteiger charge is -2.09. The van der Waals surface area contributed by atoms with Gasteiger partial charge in [0.1, 0.15) is 18.4 Å². The first kappa shape index (κ1) is 14.5. The summed E-state index contributed by atoms with van der Waals surface area (Å²) in [6, 6.07) is 19.9. The summed E-state index contributed by atoms with van der Waals surface area (Å²) in [5.74, 6) is 1.21. The van der Waals surface area contributed by atoms with Crippen molar-refractivity contribution in [2.24, 2.45) is 0 Å². The van der Waals surface area contributed by atoms with Crippen molar-refractivity contribution in [3.63, 3.8) is 0 Å². The van der Waals surface area contributed by atoms with Gasteiger partial charge in [0, 0.05) is 5.92 Å². The SMILES string of the molecule is N#Cc1nnn(-c2ccc(OCc3ccccc3)cc2)c1C1CC1. The topological polar surface area (TPSA) is 63.7 Å². The molecule has 0 saturated heterocycles. The minimum Gasteiger partial charge on any atom is -0.489 e. The Morgan fingerprint density at radius 2 is 1.83 bits per heavy atom. The van der Waals surface area contributed by atoms with E-state index in [4.69, 9.17) is 4.74 Å². The van der Waals surface area contributed by atoms with Crippen molar-refractivity contribution in [1.29, 1.82) is 5.26 Å². The predicted octanol–water partition coefficient (Wildman–Crippen LogP) is 3.60. The number of hydrogen-bond donors (Lipinski definition) is 0. The molecule has 1 fully saturated rings. The Morgan fingerprint density at radius 3 is 2.50 bits per heavy atom. The molecular formula is C19H16N4O. The number of benzene rings is 2. The van der Waals surface area contributed by atoms with Gasteiger partial charge in [-0.3, -0.25) is 0 Å². The standard InChI is InChI=1S/C19H16N4O/c20-12-18-19(15-6-7-15)23(22-21-18)16-8-10-17(11-9-16)24-13-14-4-2-1-3-5-14/h1-5,8-11,15H,6-7,13H2. The maximum absolute atomic E-state index is 9.19. The van der Waals surface area contributed by atoms with Gasteiger partial charge in [0.15, 0.2) is 5.69 Å². The molecule has 0 spiro atoms. The van der Waals surface area contributed by atoms with Crippen molar-refractivity contribution in [2.75, 3.05) is 0 Å². The van der Waals surface area contributed by atoms with Crippen LogP contribution in [0, 0.1) is 11.3 Å². The lowest BCUT2D eigenvalue weighted by molar-refractivity contribution is 0.306. The first-order valence-electron chi connectivity index (χ1n) is 7.98. The minimum atomic E-state index is 0.406. The van der Waals surface area contributed by atoms with Crippen molar-refractivity contribution in [3.8, 4) is 17.5 Å². The largest absolute Gasteiger partial charge is 0.489 e. The highest BCUT2D eigenvalue weighted by Gasteiger charge is 2.31. The van der Waals surface area contributed by atoms with Gasteiger partial charge in [-0.2, -0.15) is 5.26 Å². The van der Waals surface area contributed by atoms with Crippen LogP contribution in [0.15, 0.2) is 54.6 Å². The maximum Gasteiger partial charge on any atom is 0.186 e. The molecule has 0 N–H and O–H groups in total. The van der Waals surface area contributed by atoms with Gasteiger partial charge >= 0.3 is 0 Å². The van der Waals surface area contributed by atoms with Crippen molar-refractivity contribution >= 4 is 0 Å². The summed E-state index contributed by atoms with van der Waals surface area (Å²) >= 11 is 0. The van der Waals surface area contributed by atoms with E-state index < -0.39 is 0 Å². The highest BCUT2D eigenvalue weighted by Crippen LogP contribution is 2.41. The van der Waals surface area contributed by atoms with E-state index in [2.05, 4.69) is 16.4 Å². The lowest BCUT2D eigenvalue weighted by Crippen LogP contribution is -2.02. The summed E-state index contributed by atoms with van der Waals surface area (Å²) in [6.45, 7) is 0.537. The van der Waals surface area contributed by atoms with Crippen molar-refractivity contribution < 1.29 is 4.74 Å². The van der Waals surface area contributed by atoms with Crippen LogP contribution in [0.5, 0.6) is 5.75 Å². The van der Waals surface area contributed by atoms with E-state index in [-0.39, 0.29) is 0 Å². The molecule has 1 aliphatic rings. The van der Waals surface area contributed by atoms with Crippen molar-refractivity contribution in [1.82, 2.24) is 15.0 Å². The second-order valence-electron chi connectivity index (χ2n) is 5.89. The lowest BCUT2D eigenvalue weighted by atomic mass is 10.2. The van der Waals surface area contributed by atoms with Crippen LogP contribution in [0.2, 0.25) is 0 Å². The van der Waals surface area contributed by atoms with Gasteiger partial charge in [-0.25, -0.2) is 4.68 Å². The molecule has 0 radical (unpaired) electrons. The third kappa shape index (κ3) is 2.86. The van der Waals surface area contributed by atoms with Gasteiger partial charge in [0.05, 0.1) is 11.4 Å². The molecule has 24 heavy (non-hydrogen) atoms. The Bertz CT molecular complexity index is 874. The number of ether oxygens (including phenoxy) is 1. The molecule has 1 heterocycles. The monoisotopic (exact) mass is 316 g/mol. The molecule has 0 unspecified atom stereocenters. The third-order valence-corrected chi connectivity index (χ3v) is 4.10. The van der Waals surface area contributed by atoms with Gasteiger partial charge in [-0.15, -0.1) is 5.10 Å². The normalized spacial score (nSPS) is 13.5. The average Bonchev–Trinajstić information content (AvgIpc) is 3.39. The van der Waals surface area contributed by atoms with Crippen LogP contribution < -0.4 is 4.74 Å². The fraction of sp³-hybridized carbons (Fsp3) is 0.211. The smallest absolute Gasteiger partial charge is 0.186 e. The highest BCUT2D eigenvalue weighted by atomic mass is 16.5. The van der Waals surface area contributed by atoms with E-state index >= 15 is 0 Å². The Labute approximate surface area is 140 Å². The number of hydrogen-bond acceptors (Lipinski definition) is 4. The van der Waals surface area contributed by atoms with Crippen LogP contribution >= 0.6 is 0 Å². The fourth-order valence-corrected chi connectivity index (χ4v) is 2.71. The molecule has 0 amide bonds. The molecule has 2 aromatic carbocycles. The summed E-state index contributed by atoms with van der Waals surface area (Å²) in [4.78, 5) is 0.